The van der Waals surface area contributed by atoms with Gasteiger partial charge in [0.15, 0.2) is 6.04 Å². The van der Waals surface area contributed by atoms with E-state index in [2.05, 4.69) is 10.6 Å². The van der Waals surface area contributed by atoms with E-state index in [1.54, 1.807) is 17.5 Å². The van der Waals surface area contributed by atoms with Crippen LogP contribution in [-0.4, -0.2) is 29.7 Å². The van der Waals surface area contributed by atoms with Crippen molar-refractivity contribution in [2.45, 2.75) is 12.0 Å². The van der Waals surface area contributed by atoms with Crippen LogP contribution in [0.4, 0.5) is 10.5 Å². The van der Waals surface area contributed by atoms with Gasteiger partial charge in [0.05, 0.1) is 12.0 Å². The molecule has 1 aliphatic carbocycles. The summed E-state index contributed by atoms with van der Waals surface area (Å²) >= 11 is 1.21. The predicted octanol–water partition coefficient (Wildman–Crippen LogP) is 5.26. The second-order valence-corrected chi connectivity index (χ2v) is 8.85. The average Bonchev–Trinajstić information content (AvgIpc) is 3.61. The Hall–Kier alpha value is -4.37. The molecule has 0 aliphatic heterocycles. The van der Waals surface area contributed by atoms with Crippen molar-refractivity contribution in [2.75, 3.05) is 11.9 Å². The highest BCUT2D eigenvalue weighted by molar-refractivity contribution is 7.10. The standard InChI is InChI=1S/C26H20N2O6S/c29-24(28-22(25(30)31)21-10-5-13-35-21)23-20(11-12-33-23)27-26(32)34-14-19-17-8-3-1-6-15(17)16-7-2-4-9-18(16)19/h1-13,19,22H,14H2,(H,27,32)(H,28,29)(H,30,31). The molecule has 5 rings (SSSR count). The Morgan fingerprint density at radius 1 is 0.971 bits per heavy atom. The summed E-state index contributed by atoms with van der Waals surface area (Å²) in [6.07, 6.45) is 0.477. The van der Waals surface area contributed by atoms with E-state index >= 15 is 0 Å². The van der Waals surface area contributed by atoms with Crippen LogP contribution in [0.15, 0.2) is 82.8 Å². The van der Waals surface area contributed by atoms with Gasteiger partial charge in [0, 0.05) is 16.9 Å². The number of hydrogen-bond donors (Lipinski definition) is 3. The first-order chi connectivity index (χ1) is 17.0. The molecule has 1 unspecified atom stereocenters. The molecule has 0 saturated heterocycles. The summed E-state index contributed by atoms with van der Waals surface area (Å²) < 4.78 is 10.7. The molecule has 2 aromatic heterocycles. The second kappa shape index (κ2) is 9.47. The first kappa shape index (κ1) is 22.4. The van der Waals surface area contributed by atoms with Gasteiger partial charge in [0.2, 0.25) is 5.76 Å². The number of furan rings is 1. The molecule has 0 fully saturated rings. The van der Waals surface area contributed by atoms with E-state index in [1.165, 1.54) is 23.7 Å². The lowest BCUT2D eigenvalue weighted by atomic mass is 9.98. The topological polar surface area (TPSA) is 118 Å². The number of ether oxygens (including phenoxy) is 1. The number of benzene rings is 2. The van der Waals surface area contributed by atoms with E-state index in [9.17, 15) is 19.5 Å². The zero-order valence-electron chi connectivity index (χ0n) is 18.3. The molecule has 9 heteroatoms. The van der Waals surface area contributed by atoms with Crippen LogP contribution in [0.1, 0.15) is 38.5 Å². The molecule has 0 bridgehead atoms. The normalized spacial score (nSPS) is 12.9. The van der Waals surface area contributed by atoms with Gasteiger partial charge in [-0.2, -0.15) is 0 Å². The van der Waals surface area contributed by atoms with Crippen molar-refractivity contribution in [3.63, 3.8) is 0 Å². The fourth-order valence-electron chi connectivity index (χ4n) is 4.23. The summed E-state index contributed by atoms with van der Waals surface area (Å²) in [7, 11) is 0. The molecule has 0 radical (unpaired) electrons. The molecule has 1 atom stereocenters. The third kappa shape index (κ3) is 4.41. The number of rotatable bonds is 7. The number of thiophene rings is 1. The molecule has 2 heterocycles. The zero-order valence-corrected chi connectivity index (χ0v) is 19.1. The van der Waals surface area contributed by atoms with Gasteiger partial charge in [-0.05, 0) is 33.7 Å². The number of nitrogens with one attached hydrogen (secondary N) is 2. The fraction of sp³-hybridized carbons (Fsp3) is 0.115. The van der Waals surface area contributed by atoms with Crippen molar-refractivity contribution in [1.82, 2.24) is 5.32 Å². The number of aliphatic carboxylic acids is 1. The number of amides is 2. The lowest BCUT2D eigenvalue weighted by molar-refractivity contribution is -0.139. The van der Waals surface area contributed by atoms with Gasteiger partial charge in [-0.25, -0.2) is 9.59 Å². The Balaban J connectivity index is 1.26. The number of carboxylic acid groups (broad SMARTS) is 1. The Bertz CT molecular complexity index is 1350. The highest BCUT2D eigenvalue weighted by atomic mass is 32.1. The lowest BCUT2D eigenvalue weighted by Gasteiger charge is -2.15. The van der Waals surface area contributed by atoms with E-state index in [0.717, 1.165) is 22.3 Å². The number of anilines is 1. The summed E-state index contributed by atoms with van der Waals surface area (Å²) in [5.41, 5.74) is 4.47. The van der Waals surface area contributed by atoms with Crippen LogP contribution in [0.2, 0.25) is 0 Å². The number of carbonyl (C=O) groups excluding carboxylic acids is 2. The van der Waals surface area contributed by atoms with Gasteiger partial charge in [0.25, 0.3) is 5.91 Å². The van der Waals surface area contributed by atoms with Gasteiger partial charge in [0.1, 0.15) is 6.61 Å². The third-order valence-corrected chi connectivity index (χ3v) is 6.74. The van der Waals surface area contributed by atoms with Crippen LogP contribution in [-0.2, 0) is 9.53 Å². The number of carbonyl (C=O) groups is 3. The lowest BCUT2D eigenvalue weighted by Crippen LogP contribution is -2.33. The minimum absolute atomic E-state index is 0.0787. The van der Waals surface area contributed by atoms with Crippen LogP contribution in [0, 0.1) is 0 Å². The predicted molar refractivity (Wildman–Crippen MR) is 130 cm³/mol. The molecule has 2 aromatic carbocycles. The third-order valence-electron chi connectivity index (χ3n) is 5.80. The Morgan fingerprint density at radius 3 is 2.29 bits per heavy atom. The number of fused-ring (bicyclic) bond motifs is 3. The van der Waals surface area contributed by atoms with Crippen molar-refractivity contribution in [3.8, 4) is 11.1 Å². The maximum absolute atomic E-state index is 12.7. The van der Waals surface area contributed by atoms with Gasteiger partial charge >= 0.3 is 12.1 Å². The van der Waals surface area contributed by atoms with Crippen LogP contribution >= 0.6 is 11.3 Å². The molecule has 3 N–H and O–H groups in total. The van der Waals surface area contributed by atoms with Crippen LogP contribution in [0.3, 0.4) is 0 Å². The molecule has 0 spiro atoms. The van der Waals surface area contributed by atoms with Gasteiger partial charge in [-0.3, -0.25) is 10.1 Å². The minimum atomic E-state index is -1.24. The summed E-state index contributed by atoms with van der Waals surface area (Å²) in [4.78, 5) is 37.4. The Labute approximate surface area is 204 Å². The molecule has 8 nitrogen and oxygen atoms in total. The van der Waals surface area contributed by atoms with Crippen molar-refractivity contribution >= 4 is 35.0 Å². The quantitative estimate of drug-likeness (QED) is 0.327. The van der Waals surface area contributed by atoms with E-state index < -0.39 is 24.0 Å². The van der Waals surface area contributed by atoms with E-state index in [-0.39, 0.29) is 24.0 Å². The molecule has 1 aliphatic rings. The minimum Gasteiger partial charge on any atom is -0.479 e. The highest BCUT2D eigenvalue weighted by Gasteiger charge is 2.30. The summed E-state index contributed by atoms with van der Waals surface area (Å²) in [5.74, 6) is -2.31. The first-order valence-corrected chi connectivity index (χ1v) is 11.7. The van der Waals surface area contributed by atoms with Crippen molar-refractivity contribution in [3.05, 3.63) is 100 Å². The summed E-state index contributed by atoms with van der Waals surface area (Å²) in [6.45, 7) is 0.110. The number of hydrogen-bond acceptors (Lipinski definition) is 6. The molecule has 176 valence electrons. The summed E-state index contributed by atoms with van der Waals surface area (Å²) in [5, 5.41) is 16.1. The molecule has 35 heavy (non-hydrogen) atoms. The van der Waals surface area contributed by atoms with Crippen molar-refractivity contribution in [1.29, 1.82) is 0 Å². The maximum atomic E-state index is 12.7. The molecule has 2 amide bonds. The monoisotopic (exact) mass is 488 g/mol. The first-order valence-electron chi connectivity index (χ1n) is 10.8. The Morgan fingerprint density at radius 2 is 1.66 bits per heavy atom. The highest BCUT2D eigenvalue weighted by Crippen LogP contribution is 2.44. The smallest absolute Gasteiger partial charge is 0.411 e. The molecule has 4 aromatic rings. The Kier molecular flexibility index (Phi) is 6.07. The van der Waals surface area contributed by atoms with Crippen LogP contribution in [0.5, 0.6) is 0 Å². The zero-order chi connectivity index (χ0) is 24.4. The van der Waals surface area contributed by atoms with E-state index in [1.807, 2.05) is 48.5 Å². The van der Waals surface area contributed by atoms with Gasteiger partial charge < -0.3 is 19.6 Å². The van der Waals surface area contributed by atoms with Crippen molar-refractivity contribution < 1.29 is 28.6 Å². The van der Waals surface area contributed by atoms with Gasteiger partial charge in [-0.1, -0.05) is 54.6 Å². The molecular weight excluding hydrogens is 468 g/mol. The average molecular weight is 489 g/mol. The van der Waals surface area contributed by atoms with Crippen LogP contribution < -0.4 is 10.6 Å². The summed E-state index contributed by atoms with van der Waals surface area (Å²) in [6, 6.07) is 19.5. The maximum Gasteiger partial charge on any atom is 0.411 e. The van der Waals surface area contributed by atoms with Gasteiger partial charge in [-0.15, -0.1) is 11.3 Å². The molecule has 0 saturated carbocycles. The van der Waals surface area contributed by atoms with E-state index in [4.69, 9.17) is 9.15 Å². The number of carboxylic acids is 1. The van der Waals surface area contributed by atoms with E-state index in [0.29, 0.717) is 4.88 Å². The SMILES string of the molecule is O=C(Nc1ccoc1C(=O)NC(C(=O)O)c1cccs1)OCC1c2ccccc2-c2ccccc21. The molecular formula is C26H20N2O6S. The van der Waals surface area contributed by atoms with Crippen LogP contribution in [0.25, 0.3) is 11.1 Å². The second-order valence-electron chi connectivity index (χ2n) is 7.87. The van der Waals surface area contributed by atoms with Crippen molar-refractivity contribution in [2.24, 2.45) is 0 Å². The fourth-order valence-corrected chi connectivity index (χ4v) is 5.00. The largest absolute Gasteiger partial charge is 0.479 e.